The number of aromatic nitrogens is 3. The average molecular weight is 520 g/mol. The predicted octanol–water partition coefficient (Wildman–Crippen LogP) is 9.25. The third-order valence-corrected chi connectivity index (χ3v) is 7.64. The van der Waals surface area contributed by atoms with Crippen LogP contribution in [-0.2, 0) is 0 Å². The lowest BCUT2D eigenvalue weighted by molar-refractivity contribution is 0.515. The van der Waals surface area contributed by atoms with Crippen molar-refractivity contribution >= 4 is 54.4 Å². The number of hydrogen-bond acceptors (Lipinski definition) is 3. The number of benzene rings is 6. The van der Waals surface area contributed by atoms with E-state index in [4.69, 9.17) is 9.97 Å². The van der Waals surface area contributed by atoms with Gasteiger partial charge in [0.15, 0.2) is 0 Å². The summed E-state index contributed by atoms with van der Waals surface area (Å²) in [4.78, 5) is 13.5. The number of rotatable bonds is 2. The second kappa shape index (κ2) is 8.61. The maximum atomic E-state index is 15.2. The van der Waals surface area contributed by atoms with E-state index in [-0.39, 0.29) is 5.56 Å². The van der Waals surface area contributed by atoms with Crippen LogP contribution in [0.1, 0.15) is 0 Å². The van der Waals surface area contributed by atoms with Crippen molar-refractivity contribution in [2.75, 3.05) is 0 Å². The first-order valence-corrected chi connectivity index (χ1v) is 13.0. The molecule has 0 fully saturated rings. The minimum atomic E-state index is -0.845. The smallest absolute Gasteiger partial charge is 0.223 e. The molecule has 8 aromatic rings. The average Bonchev–Trinajstić information content (AvgIpc) is 2.99. The quantitative estimate of drug-likeness (QED) is 0.130. The van der Waals surface area contributed by atoms with Gasteiger partial charge >= 0.3 is 0 Å². The highest BCUT2D eigenvalue weighted by Gasteiger charge is 2.21. The number of fused-ring (bicyclic) bond motifs is 6. The molecule has 0 spiro atoms. The van der Waals surface area contributed by atoms with E-state index in [0.717, 1.165) is 65.5 Å². The Hall–Kier alpha value is -5.29. The fourth-order valence-corrected chi connectivity index (χ4v) is 5.97. The molecular formula is C35H19F2N3. The van der Waals surface area contributed by atoms with E-state index in [1.165, 1.54) is 12.1 Å². The summed E-state index contributed by atoms with van der Waals surface area (Å²) in [5.41, 5.74) is 6.34. The fraction of sp³-hybridized carbons (Fsp3) is 0. The van der Waals surface area contributed by atoms with Gasteiger partial charge in [-0.05, 0) is 68.4 Å². The standard InChI is InChI=1S/C35H19F2N3/c36-31-18-17-26(35(37)40-31)32-21-10-2-4-12-23(21)33(24-13-5-3-11-22(24)32)27-19-30-34(25-14-6-1-9-20(25)27)39-29-16-8-7-15-28(29)38-30/h1-19H. The van der Waals surface area contributed by atoms with E-state index in [0.29, 0.717) is 5.56 Å². The van der Waals surface area contributed by atoms with Crippen LogP contribution in [0.25, 0.3) is 76.6 Å². The third kappa shape index (κ3) is 3.31. The van der Waals surface area contributed by atoms with Gasteiger partial charge in [0.2, 0.25) is 11.9 Å². The van der Waals surface area contributed by atoms with Gasteiger partial charge in [-0.15, -0.1) is 0 Å². The maximum Gasteiger partial charge on any atom is 0.223 e. The van der Waals surface area contributed by atoms with Crippen molar-refractivity contribution in [2.45, 2.75) is 0 Å². The molecule has 0 aliphatic carbocycles. The van der Waals surface area contributed by atoms with Crippen LogP contribution < -0.4 is 0 Å². The molecule has 0 radical (unpaired) electrons. The number of para-hydroxylation sites is 2. The first-order chi connectivity index (χ1) is 19.7. The molecule has 0 saturated heterocycles. The highest BCUT2D eigenvalue weighted by Crippen LogP contribution is 2.46. The molecule has 3 nitrogen and oxygen atoms in total. The van der Waals surface area contributed by atoms with Crippen molar-refractivity contribution < 1.29 is 8.78 Å². The van der Waals surface area contributed by atoms with Gasteiger partial charge < -0.3 is 0 Å². The Balaban J connectivity index is 1.57. The topological polar surface area (TPSA) is 38.7 Å². The minimum Gasteiger partial charge on any atom is -0.244 e. The summed E-state index contributed by atoms with van der Waals surface area (Å²) < 4.78 is 28.9. The van der Waals surface area contributed by atoms with E-state index in [1.807, 2.05) is 72.8 Å². The SMILES string of the molecule is Fc1ccc(-c2c3ccccc3c(-c3cc4nc5ccccc5nc4c4ccccc34)c3ccccc23)c(F)n1. The number of pyridine rings is 1. The third-order valence-electron chi connectivity index (χ3n) is 7.64. The zero-order valence-electron chi connectivity index (χ0n) is 21.1. The van der Waals surface area contributed by atoms with Crippen molar-refractivity contribution in [3.63, 3.8) is 0 Å². The Morgan fingerprint density at radius 2 is 0.900 bits per heavy atom. The lowest BCUT2D eigenvalue weighted by Crippen LogP contribution is -1.97. The van der Waals surface area contributed by atoms with Crippen LogP contribution in [0.5, 0.6) is 0 Å². The predicted molar refractivity (Wildman–Crippen MR) is 158 cm³/mol. The molecule has 8 rings (SSSR count). The van der Waals surface area contributed by atoms with Crippen LogP contribution in [0.2, 0.25) is 0 Å². The van der Waals surface area contributed by atoms with Gasteiger partial charge in [0.05, 0.1) is 22.1 Å². The van der Waals surface area contributed by atoms with Crippen molar-refractivity contribution in [2.24, 2.45) is 0 Å². The van der Waals surface area contributed by atoms with Crippen molar-refractivity contribution in [3.05, 3.63) is 127 Å². The molecule has 0 N–H and O–H groups in total. The Morgan fingerprint density at radius 1 is 0.400 bits per heavy atom. The lowest BCUT2D eigenvalue weighted by Gasteiger charge is -2.19. The van der Waals surface area contributed by atoms with Crippen LogP contribution in [0.15, 0.2) is 115 Å². The molecule has 0 aliphatic heterocycles. The highest BCUT2D eigenvalue weighted by molar-refractivity contribution is 6.25. The fourth-order valence-electron chi connectivity index (χ4n) is 5.97. The molecule has 188 valence electrons. The van der Waals surface area contributed by atoms with Gasteiger partial charge in [-0.1, -0.05) is 84.9 Å². The summed E-state index contributed by atoms with van der Waals surface area (Å²) in [6.45, 7) is 0. The summed E-state index contributed by atoms with van der Waals surface area (Å²) in [6.07, 6.45) is 0. The summed E-state index contributed by atoms with van der Waals surface area (Å²) in [5, 5.41) is 5.70. The normalized spacial score (nSPS) is 11.8. The van der Waals surface area contributed by atoms with Crippen molar-refractivity contribution in [1.29, 1.82) is 0 Å². The molecule has 0 bridgehead atoms. The van der Waals surface area contributed by atoms with Crippen molar-refractivity contribution in [1.82, 2.24) is 15.0 Å². The van der Waals surface area contributed by atoms with E-state index in [1.54, 1.807) is 0 Å². The Labute approximate surface area is 227 Å². The largest absolute Gasteiger partial charge is 0.244 e. The minimum absolute atomic E-state index is 0.265. The molecule has 2 aromatic heterocycles. The van der Waals surface area contributed by atoms with Gasteiger partial charge in [0.1, 0.15) is 0 Å². The Kier molecular flexibility index (Phi) is 4.88. The molecular weight excluding hydrogens is 500 g/mol. The maximum absolute atomic E-state index is 15.2. The van der Waals surface area contributed by atoms with Gasteiger partial charge in [-0.25, -0.2) is 9.97 Å². The van der Waals surface area contributed by atoms with E-state index < -0.39 is 11.9 Å². The zero-order chi connectivity index (χ0) is 26.8. The van der Waals surface area contributed by atoms with Crippen LogP contribution in [0.4, 0.5) is 8.78 Å². The molecule has 0 saturated carbocycles. The van der Waals surface area contributed by atoms with Crippen LogP contribution in [0.3, 0.4) is 0 Å². The molecule has 40 heavy (non-hydrogen) atoms. The molecule has 0 amide bonds. The molecule has 0 unspecified atom stereocenters. The molecule has 5 heteroatoms. The van der Waals surface area contributed by atoms with Crippen molar-refractivity contribution in [3.8, 4) is 22.3 Å². The van der Waals surface area contributed by atoms with E-state index in [2.05, 4.69) is 35.3 Å². The lowest BCUT2D eigenvalue weighted by atomic mass is 9.84. The van der Waals surface area contributed by atoms with Crippen LogP contribution >= 0.6 is 0 Å². The van der Waals surface area contributed by atoms with Gasteiger partial charge in [-0.2, -0.15) is 13.8 Å². The monoisotopic (exact) mass is 519 g/mol. The molecule has 6 aromatic carbocycles. The van der Waals surface area contributed by atoms with E-state index >= 15 is 4.39 Å². The highest BCUT2D eigenvalue weighted by atomic mass is 19.1. The zero-order valence-corrected chi connectivity index (χ0v) is 21.1. The second-order valence-corrected chi connectivity index (χ2v) is 9.86. The van der Waals surface area contributed by atoms with Gasteiger partial charge in [0.25, 0.3) is 0 Å². The number of halogens is 2. The summed E-state index contributed by atoms with van der Waals surface area (Å²) in [6, 6.07) is 36.9. The first-order valence-electron chi connectivity index (χ1n) is 13.0. The molecule has 2 heterocycles. The Bertz CT molecular complexity index is 2250. The van der Waals surface area contributed by atoms with Crippen LogP contribution in [0, 0.1) is 11.9 Å². The van der Waals surface area contributed by atoms with Crippen LogP contribution in [-0.4, -0.2) is 15.0 Å². The van der Waals surface area contributed by atoms with E-state index in [9.17, 15) is 4.39 Å². The number of hydrogen-bond donors (Lipinski definition) is 0. The van der Waals surface area contributed by atoms with Gasteiger partial charge in [-0.3, -0.25) is 0 Å². The summed E-state index contributed by atoms with van der Waals surface area (Å²) in [5.74, 6) is -1.68. The summed E-state index contributed by atoms with van der Waals surface area (Å²) >= 11 is 0. The Morgan fingerprint density at radius 3 is 1.50 bits per heavy atom. The number of nitrogens with zero attached hydrogens (tertiary/aromatic N) is 3. The van der Waals surface area contributed by atoms with Gasteiger partial charge in [0, 0.05) is 16.5 Å². The first kappa shape index (κ1) is 22.7. The summed E-state index contributed by atoms with van der Waals surface area (Å²) in [7, 11) is 0. The molecule has 0 aliphatic rings. The second-order valence-electron chi connectivity index (χ2n) is 9.86. The molecule has 0 atom stereocenters.